The average molecular weight is 455 g/mol. The van der Waals surface area contributed by atoms with Crippen LogP contribution in [-0.4, -0.2) is 31.2 Å². The van der Waals surface area contributed by atoms with Gasteiger partial charge < -0.3 is 9.73 Å². The van der Waals surface area contributed by atoms with Crippen molar-refractivity contribution in [2.75, 3.05) is 5.32 Å². The molecular formula is C23H26N4O4S. The molecule has 1 aliphatic heterocycles. The molecule has 0 saturated carbocycles. The van der Waals surface area contributed by atoms with Crippen LogP contribution in [0.3, 0.4) is 0 Å². The topological polar surface area (TPSA) is 114 Å². The first-order valence-electron chi connectivity index (χ1n) is 10.4. The number of nitrogens with zero attached hydrogens (tertiary/aromatic N) is 2. The highest BCUT2D eigenvalue weighted by Crippen LogP contribution is 2.28. The maximum absolute atomic E-state index is 13.1. The molecule has 1 aliphatic rings. The van der Waals surface area contributed by atoms with Gasteiger partial charge in [0.05, 0.1) is 4.90 Å². The minimum atomic E-state index is -3.68. The second-order valence-corrected chi connectivity index (χ2v) is 10.9. The normalized spacial score (nSPS) is 17.4. The van der Waals surface area contributed by atoms with Gasteiger partial charge in [0.15, 0.2) is 5.58 Å². The third-order valence-electron chi connectivity index (χ3n) is 5.13. The molecule has 0 fully saturated rings. The smallest absolute Gasteiger partial charge is 0.263 e. The van der Waals surface area contributed by atoms with Crippen LogP contribution in [0.4, 0.5) is 5.69 Å². The van der Waals surface area contributed by atoms with Crippen LogP contribution in [0.25, 0.3) is 11.1 Å². The van der Waals surface area contributed by atoms with E-state index < -0.39 is 16.1 Å². The highest BCUT2D eigenvalue weighted by atomic mass is 32.2. The van der Waals surface area contributed by atoms with Gasteiger partial charge in [-0.2, -0.15) is 0 Å². The van der Waals surface area contributed by atoms with E-state index in [9.17, 15) is 13.2 Å². The van der Waals surface area contributed by atoms with Gasteiger partial charge >= 0.3 is 0 Å². The van der Waals surface area contributed by atoms with E-state index in [-0.39, 0.29) is 28.0 Å². The van der Waals surface area contributed by atoms with Crippen LogP contribution < -0.4 is 10.0 Å². The third-order valence-corrected chi connectivity index (χ3v) is 6.52. The molecule has 1 amide bonds. The fourth-order valence-corrected chi connectivity index (χ4v) is 4.66. The van der Waals surface area contributed by atoms with E-state index in [2.05, 4.69) is 20.0 Å². The van der Waals surface area contributed by atoms with Crippen molar-refractivity contribution >= 4 is 38.6 Å². The molecule has 0 bridgehead atoms. The maximum atomic E-state index is 13.1. The Balaban J connectivity index is 1.62. The number of anilines is 1. The van der Waals surface area contributed by atoms with E-state index in [1.54, 1.807) is 36.4 Å². The van der Waals surface area contributed by atoms with Crippen LogP contribution in [-0.2, 0) is 20.2 Å². The van der Waals surface area contributed by atoms with E-state index in [0.717, 1.165) is 0 Å². The van der Waals surface area contributed by atoms with Crippen molar-refractivity contribution in [1.82, 2.24) is 9.71 Å². The first kappa shape index (κ1) is 22.0. The summed E-state index contributed by atoms with van der Waals surface area (Å²) in [6, 6.07) is 11.1. The summed E-state index contributed by atoms with van der Waals surface area (Å²) >= 11 is 0. The molecule has 168 valence electrons. The highest BCUT2D eigenvalue weighted by molar-refractivity contribution is 7.90. The molecule has 1 aromatic heterocycles. The number of hydrogen-bond donors (Lipinski definition) is 2. The molecule has 9 heteroatoms. The number of carbonyl (C=O) groups excluding carboxylic acids is 1. The minimum absolute atomic E-state index is 0.160. The van der Waals surface area contributed by atoms with Crippen LogP contribution in [0.15, 0.2) is 56.8 Å². The van der Waals surface area contributed by atoms with Crippen molar-refractivity contribution in [3.8, 4) is 0 Å². The lowest BCUT2D eigenvalue weighted by molar-refractivity contribution is -0.118. The van der Waals surface area contributed by atoms with Gasteiger partial charge in [-0.15, -0.1) is 0 Å². The summed E-state index contributed by atoms with van der Waals surface area (Å²) in [6.07, 6.45) is 0. The Morgan fingerprint density at radius 2 is 1.88 bits per heavy atom. The second-order valence-electron chi connectivity index (χ2n) is 9.21. The number of oxazole rings is 1. The number of benzene rings is 2. The molecule has 32 heavy (non-hydrogen) atoms. The summed E-state index contributed by atoms with van der Waals surface area (Å²) in [5.41, 5.74) is 2.09. The molecule has 1 atom stereocenters. The largest absolute Gasteiger partial charge is 0.440 e. The van der Waals surface area contributed by atoms with Gasteiger partial charge in [-0.05, 0) is 36.2 Å². The van der Waals surface area contributed by atoms with Gasteiger partial charge in [-0.25, -0.2) is 13.4 Å². The Morgan fingerprint density at radius 1 is 1.16 bits per heavy atom. The zero-order chi connectivity index (χ0) is 23.3. The fourth-order valence-electron chi connectivity index (χ4n) is 3.42. The molecular weight excluding hydrogens is 428 g/mol. The zero-order valence-corrected chi connectivity index (χ0v) is 19.4. The van der Waals surface area contributed by atoms with Crippen LogP contribution in [0.1, 0.15) is 46.1 Å². The van der Waals surface area contributed by atoms with Crippen molar-refractivity contribution in [3.63, 3.8) is 0 Å². The summed E-state index contributed by atoms with van der Waals surface area (Å²) in [4.78, 5) is 22.3. The molecule has 0 unspecified atom stereocenters. The number of carbonyl (C=O) groups is 1. The summed E-state index contributed by atoms with van der Waals surface area (Å²) in [5.74, 6) is 0.295. The Labute approximate surface area is 187 Å². The number of nitrogens with one attached hydrogen (secondary N) is 2. The van der Waals surface area contributed by atoms with E-state index >= 15 is 0 Å². The number of amidine groups is 1. The Bertz CT molecular complexity index is 1330. The van der Waals surface area contributed by atoms with Crippen molar-refractivity contribution in [2.45, 2.75) is 51.0 Å². The lowest BCUT2D eigenvalue weighted by Crippen LogP contribution is -2.34. The van der Waals surface area contributed by atoms with Gasteiger partial charge in [0.25, 0.3) is 10.0 Å². The van der Waals surface area contributed by atoms with Crippen LogP contribution in [0.5, 0.6) is 0 Å². The molecule has 8 nitrogen and oxygen atoms in total. The molecule has 2 aromatic carbocycles. The first-order valence-corrected chi connectivity index (χ1v) is 11.9. The summed E-state index contributed by atoms with van der Waals surface area (Å²) in [5, 5.41) is 2.88. The Hall–Kier alpha value is -3.20. The van der Waals surface area contributed by atoms with Crippen molar-refractivity contribution in [2.24, 2.45) is 10.9 Å². The van der Waals surface area contributed by atoms with E-state index in [1.807, 2.05) is 34.6 Å². The third kappa shape index (κ3) is 4.12. The molecule has 0 radical (unpaired) electrons. The highest BCUT2D eigenvalue weighted by Gasteiger charge is 2.32. The van der Waals surface area contributed by atoms with Crippen LogP contribution in [0.2, 0.25) is 0 Å². The Kier molecular flexibility index (Phi) is 5.32. The molecule has 2 heterocycles. The van der Waals surface area contributed by atoms with Crippen molar-refractivity contribution in [3.05, 3.63) is 53.9 Å². The summed E-state index contributed by atoms with van der Waals surface area (Å²) in [6.45, 7) is 9.77. The summed E-state index contributed by atoms with van der Waals surface area (Å²) < 4.78 is 33.0. The van der Waals surface area contributed by atoms with Gasteiger partial charge in [0, 0.05) is 16.7 Å². The number of fused-ring (bicyclic) bond motifs is 2. The van der Waals surface area contributed by atoms with Crippen LogP contribution >= 0.6 is 0 Å². The number of amides is 1. The van der Waals surface area contributed by atoms with Crippen molar-refractivity contribution in [1.29, 1.82) is 0 Å². The number of aliphatic imine (C=N–C) groups is 1. The minimum Gasteiger partial charge on any atom is -0.440 e. The Morgan fingerprint density at radius 3 is 2.56 bits per heavy atom. The monoisotopic (exact) mass is 454 g/mol. The predicted molar refractivity (Wildman–Crippen MR) is 123 cm³/mol. The zero-order valence-electron chi connectivity index (χ0n) is 18.6. The lowest BCUT2D eigenvalue weighted by atomic mass is 9.97. The van der Waals surface area contributed by atoms with Crippen LogP contribution in [0, 0.1) is 5.92 Å². The molecule has 4 rings (SSSR count). The maximum Gasteiger partial charge on any atom is 0.263 e. The summed E-state index contributed by atoms with van der Waals surface area (Å²) in [7, 11) is -3.68. The van der Waals surface area contributed by atoms with E-state index in [1.165, 1.54) is 6.07 Å². The standard InChI is InChI=1S/C23H26N4O4S/c1-13(2)19(26-20-15-8-6-7-9-18(15)32(29,30)27-20)21(28)24-14-10-11-17-16(12-14)25-22(31-17)23(3,4)5/h6-13,19H,1-5H3,(H,24,28)(H,26,27)/t19-/m0/s1. The van der Waals surface area contributed by atoms with Gasteiger partial charge in [0.1, 0.15) is 17.4 Å². The van der Waals surface area contributed by atoms with Crippen molar-refractivity contribution < 1.29 is 17.6 Å². The quantitative estimate of drug-likeness (QED) is 0.622. The van der Waals surface area contributed by atoms with E-state index in [4.69, 9.17) is 4.42 Å². The van der Waals surface area contributed by atoms with Gasteiger partial charge in [-0.1, -0.05) is 46.8 Å². The first-order chi connectivity index (χ1) is 15.0. The average Bonchev–Trinajstić information content (AvgIpc) is 3.24. The predicted octanol–water partition coefficient (Wildman–Crippen LogP) is 3.83. The molecule has 2 N–H and O–H groups in total. The second kappa shape index (κ2) is 7.74. The SMILES string of the molecule is CC(C)[C@H](N=C1NS(=O)(=O)c2ccccc21)C(=O)Nc1ccc2oc(C(C)(C)C)nc2c1. The number of rotatable bonds is 4. The number of hydrogen-bond acceptors (Lipinski definition) is 6. The molecule has 3 aromatic rings. The lowest BCUT2D eigenvalue weighted by Gasteiger charge is -2.17. The van der Waals surface area contributed by atoms with E-state index in [0.29, 0.717) is 28.2 Å². The molecule has 0 aliphatic carbocycles. The van der Waals surface area contributed by atoms with Gasteiger partial charge in [-0.3, -0.25) is 14.5 Å². The number of sulfonamides is 1. The molecule has 0 saturated heterocycles. The number of aromatic nitrogens is 1. The molecule has 0 spiro atoms. The fraction of sp³-hybridized carbons (Fsp3) is 0.348. The van der Waals surface area contributed by atoms with Gasteiger partial charge in [0.2, 0.25) is 11.8 Å².